The lowest BCUT2D eigenvalue weighted by Crippen LogP contribution is -2.08. The van der Waals surface area contributed by atoms with E-state index in [4.69, 9.17) is 0 Å². The van der Waals surface area contributed by atoms with Crippen molar-refractivity contribution in [1.29, 1.82) is 0 Å². The van der Waals surface area contributed by atoms with Gasteiger partial charge < -0.3 is 5.32 Å². The SMILES string of the molecule is Fc1ccc2ncnc(NCc3ccn(C4CCCC4)n3)c2c1. The summed E-state index contributed by atoms with van der Waals surface area (Å²) in [5.74, 6) is 0.339. The second-order valence-corrected chi connectivity index (χ2v) is 5.96. The molecule has 0 bridgehead atoms. The van der Waals surface area contributed by atoms with Gasteiger partial charge in [-0.15, -0.1) is 0 Å². The molecule has 1 N–H and O–H groups in total. The van der Waals surface area contributed by atoms with Crippen LogP contribution in [0.5, 0.6) is 0 Å². The molecule has 0 amide bonds. The van der Waals surface area contributed by atoms with Crippen LogP contribution in [-0.4, -0.2) is 19.7 Å². The van der Waals surface area contributed by atoms with Crippen molar-refractivity contribution in [2.24, 2.45) is 0 Å². The van der Waals surface area contributed by atoms with Gasteiger partial charge in [-0.25, -0.2) is 14.4 Å². The molecule has 0 atom stereocenters. The Hall–Kier alpha value is -2.50. The van der Waals surface area contributed by atoms with Crippen molar-refractivity contribution >= 4 is 16.7 Å². The molecular weight excluding hydrogens is 293 g/mol. The lowest BCUT2D eigenvalue weighted by Gasteiger charge is -2.09. The highest BCUT2D eigenvalue weighted by Gasteiger charge is 2.17. The zero-order valence-corrected chi connectivity index (χ0v) is 12.7. The van der Waals surface area contributed by atoms with Gasteiger partial charge in [0.25, 0.3) is 0 Å². The predicted octanol–water partition coefficient (Wildman–Crippen LogP) is 3.69. The minimum atomic E-state index is -0.291. The predicted molar refractivity (Wildman–Crippen MR) is 86.6 cm³/mol. The second kappa shape index (κ2) is 5.95. The zero-order chi connectivity index (χ0) is 15.6. The van der Waals surface area contributed by atoms with E-state index in [9.17, 15) is 4.39 Å². The standard InChI is InChI=1S/C17H18FN5/c18-12-5-6-16-15(9-12)17(21-11-20-16)19-10-13-7-8-23(22-13)14-3-1-2-4-14/h5-9,11,14H,1-4,10H2,(H,19,20,21). The molecule has 0 radical (unpaired) electrons. The molecule has 3 aromatic rings. The summed E-state index contributed by atoms with van der Waals surface area (Å²) in [4.78, 5) is 8.38. The molecule has 23 heavy (non-hydrogen) atoms. The van der Waals surface area contributed by atoms with Gasteiger partial charge in [-0.2, -0.15) is 5.10 Å². The quantitative estimate of drug-likeness (QED) is 0.798. The summed E-state index contributed by atoms with van der Waals surface area (Å²) in [5.41, 5.74) is 1.68. The Kier molecular flexibility index (Phi) is 3.65. The first-order valence-electron chi connectivity index (χ1n) is 7.98. The summed E-state index contributed by atoms with van der Waals surface area (Å²) in [6, 6.07) is 7.08. The highest BCUT2D eigenvalue weighted by atomic mass is 19.1. The molecule has 0 saturated heterocycles. The maximum Gasteiger partial charge on any atom is 0.137 e. The van der Waals surface area contributed by atoms with Crippen molar-refractivity contribution < 1.29 is 4.39 Å². The molecule has 1 aliphatic carbocycles. The lowest BCUT2D eigenvalue weighted by atomic mass is 10.2. The monoisotopic (exact) mass is 311 g/mol. The summed E-state index contributed by atoms with van der Waals surface area (Å²) in [6.45, 7) is 0.558. The van der Waals surface area contributed by atoms with E-state index in [1.165, 1.54) is 44.1 Å². The third-order valence-electron chi connectivity index (χ3n) is 4.40. The first-order valence-corrected chi connectivity index (χ1v) is 7.98. The number of hydrogen-bond donors (Lipinski definition) is 1. The highest BCUT2D eigenvalue weighted by Crippen LogP contribution is 2.28. The molecule has 2 aromatic heterocycles. The van der Waals surface area contributed by atoms with E-state index in [2.05, 4.69) is 25.1 Å². The molecule has 1 fully saturated rings. The molecule has 5 nitrogen and oxygen atoms in total. The van der Waals surface area contributed by atoms with Crippen molar-refractivity contribution in [3.63, 3.8) is 0 Å². The van der Waals surface area contributed by atoms with Gasteiger partial charge in [-0.1, -0.05) is 12.8 Å². The molecule has 0 spiro atoms. The zero-order valence-electron chi connectivity index (χ0n) is 12.7. The van der Waals surface area contributed by atoms with E-state index < -0.39 is 0 Å². The Morgan fingerprint density at radius 2 is 2.04 bits per heavy atom. The molecular formula is C17H18FN5. The largest absolute Gasteiger partial charge is 0.364 e. The van der Waals surface area contributed by atoms with Crippen LogP contribution < -0.4 is 5.32 Å². The molecule has 0 unspecified atom stereocenters. The first-order chi connectivity index (χ1) is 11.3. The number of fused-ring (bicyclic) bond motifs is 1. The number of rotatable bonds is 4. The van der Waals surface area contributed by atoms with Crippen LogP contribution in [0, 0.1) is 5.82 Å². The number of anilines is 1. The van der Waals surface area contributed by atoms with Gasteiger partial charge in [0.15, 0.2) is 0 Å². The van der Waals surface area contributed by atoms with Crippen molar-refractivity contribution in [1.82, 2.24) is 19.7 Å². The first kappa shape index (κ1) is 14.1. The van der Waals surface area contributed by atoms with Gasteiger partial charge in [-0.05, 0) is 37.1 Å². The number of nitrogens with one attached hydrogen (secondary N) is 1. The van der Waals surface area contributed by atoms with Gasteiger partial charge in [0.05, 0.1) is 23.8 Å². The molecule has 1 aromatic carbocycles. The summed E-state index contributed by atoms with van der Waals surface area (Å²) in [5, 5.41) is 8.57. The molecule has 6 heteroatoms. The van der Waals surface area contributed by atoms with Crippen LogP contribution >= 0.6 is 0 Å². The minimum absolute atomic E-state index is 0.291. The number of benzene rings is 1. The average Bonchev–Trinajstić information content (AvgIpc) is 3.24. The number of nitrogens with zero attached hydrogens (tertiary/aromatic N) is 4. The maximum atomic E-state index is 13.5. The summed E-state index contributed by atoms with van der Waals surface area (Å²) < 4.78 is 15.5. The van der Waals surface area contributed by atoms with Crippen LogP contribution in [0.1, 0.15) is 37.4 Å². The molecule has 0 aliphatic heterocycles. The maximum absolute atomic E-state index is 13.5. The van der Waals surface area contributed by atoms with E-state index in [1.54, 1.807) is 6.07 Å². The van der Waals surface area contributed by atoms with Crippen LogP contribution in [0.4, 0.5) is 10.2 Å². The number of halogens is 1. The van der Waals surface area contributed by atoms with E-state index in [0.29, 0.717) is 23.8 Å². The molecule has 1 aliphatic rings. The lowest BCUT2D eigenvalue weighted by molar-refractivity contribution is 0.463. The van der Waals surface area contributed by atoms with E-state index in [-0.39, 0.29) is 5.82 Å². The number of hydrogen-bond acceptors (Lipinski definition) is 4. The average molecular weight is 311 g/mol. The third kappa shape index (κ3) is 2.88. The fourth-order valence-electron chi connectivity index (χ4n) is 3.19. The normalized spacial score (nSPS) is 15.3. The Bertz CT molecular complexity index is 823. The van der Waals surface area contributed by atoms with Gasteiger partial charge in [0.2, 0.25) is 0 Å². The fraction of sp³-hybridized carbons (Fsp3) is 0.353. The van der Waals surface area contributed by atoms with Crippen LogP contribution in [-0.2, 0) is 6.54 Å². The van der Waals surface area contributed by atoms with Gasteiger partial charge in [0.1, 0.15) is 18.0 Å². The summed E-state index contributed by atoms with van der Waals surface area (Å²) in [6.07, 6.45) is 8.53. The Labute approximate surface area is 133 Å². The van der Waals surface area contributed by atoms with Crippen molar-refractivity contribution in [2.75, 3.05) is 5.32 Å². The van der Waals surface area contributed by atoms with Gasteiger partial charge >= 0.3 is 0 Å². The van der Waals surface area contributed by atoms with Crippen molar-refractivity contribution in [2.45, 2.75) is 38.3 Å². The Morgan fingerprint density at radius 1 is 1.17 bits per heavy atom. The molecule has 118 valence electrons. The van der Waals surface area contributed by atoms with Gasteiger partial charge in [-0.3, -0.25) is 4.68 Å². The summed E-state index contributed by atoms with van der Waals surface area (Å²) >= 11 is 0. The van der Waals surface area contributed by atoms with Crippen LogP contribution in [0.25, 0.3) is 10.9 Å². The van der Waals surface area contributed by atoms with Gasteiger partial charge in [0, 0.05) is 11.6 Å². The second-order valence-electron chi connectivity index (χ2n) is 5.96. The molecule has 2 heterocycles. The Morgan fingerprint density at radius 3 is 2.91 bits per heavy atom. The third-order valence-corrected chi connectivity index (χ3v) is 4.40. The summed E-state index contributed by atoms with van der Waals surface area (Å²) in [7, 11) is 0. The minimum Gasteiger partial charge on any atom is -0.364 e. The smallest absolute Gasteiger partial charge is 0.137 e. The fourth-order valence-corrected chi connectivity index (χ4v) is 3.19. The van der Waals surface area contributed by atoms with Crippen molar-refractivity contribution in [3.05, 3.63) is 48.3 Å². The Balaban J connectivity index is 1.52. The molecule has 4 rings (SSSR count). The van der Waals surface area contributed by atoms with E-state index in [1.807, 2.05) is 12.3 Å². The van der Waals surface area contributed by atoms with Crippen LogP contribution in [0.2, 0.25) is 0 Å². The highest BCUT2D eigenvalue weighted by molar-refractivity contribution is 5.88. The van der Waals surface area contributed by atoms with Crippen LogP contribution in [0.3, 0.4) is 0 Å². The van der Waals surface area contributed by atoms with E-state index >= 15 is 0 Å². The van der Waals surface area contributed by atoms with Crippen LogP contribution in [0.15, 0.2) is 36.8 Å². The number of aromatic nitrogens is 4. The van der Waals surface area contributed by atoms with Crippen molar-refractivity contribution in [3.8, 4) is 0 Å². The molecule has 1 saturated carbocycles. The topological polar surface area (TPSA) is 55.6 Å². The van der Waals surface area contributed by atoms with E-state index in [0.717, 1.165) is 11.2 Å².